The van der Waals surface area contributed by atoms with Gasteiger partial charge in [-0.15, -0.1) is 0 Å². The van der Waals surface area contributed by atoms with Crippen molar-refractivity contribution >= 4 is 11.7 Å². The average molecular weight is 294 g/mol. The van der Waals surface area contributed by atoms with Gasteiger partial charge in [0.25, 0.3) is 5.56 Å². The Morgan fingerprint density at radius 3 is 2.81 bits per heavy atom. The van der Waals surface area contributed by atoms with Crippen LogP contribution in [0.4, 0.5) is 5.82 Å². The molecule has 0 aromatic carbocycles. The average Bonchev–Trinajstić information content (AvgIpc) is 2.53. The number of nitrogens with one attached hydrogen (secondary N) is 1. The molecule has 2 rings (SSSR count). The van der Waals surface area contributed by atoms with Gasteiger partial charge >= 0.3 is 0 Å². The summed E-state index contributed by atoms with van der Waals surface area (Å²) < 4.78 is 0. The fraction of sp³-hybridized carbons (Fsp3) is 0.615. The van der Waals surface area contributed by atoms with Crippen LogP contribution < -0.4 is 16.2 Å². The second kappa shape index (κ2) is 7.07. The number of hydrogen-bond donors (Lipinski definition) is 3. The fourth-order valence-corrected chi connectivity index (χ4v) is 2.67. The van der Waals surface area contributed by atoms with Gasteiger partial charge in [-0.25, -0.2) is 4.98 Å². The molecule has 0 radical (unpaired) electrons. The van der Waals surface area contributed by atoms with Gasteiger partial charge in [-0.05, 0) is 6.42 Å². The molecule has 0 aliphatic carbocycles. The monoisotopic (exact) mass is 294 g/mol. The molecule has 8 heteroatoms. The van der Waals surface area contributed by atoms with Gasteiger partial charge in [0.05, 0.1) is 6.04 Å². The van der Waals surface area contributed by atoms with E-state index >= 15 is 0 Å². The highest BCUT2D eigenvalue weighted by atomic mass is 16.4. The number of aromatic nitrogens is 2. The third-order valence-corrected chi connectivity index (χ3v) is 3.76. The van der Waals surface area contributed by atoms with Crippen LogP contribution >= 0.6 is 0 Å². The van der Waals surface area contributed by atoms with Crippen molar-refractivity contribution in [2.45, 2.75) is 25.8 Å². The molecule has 1 atom stereocenters. The number of piperazine rings is 1. The van der Waals surface area contributed by atoms with Crippen LogP contribution in [0.3, 0.4) is 0 Å². The summed E-state index contributed by atoms with van der Waals surface area (Å²) in [7, 11) is 0. The summed E-state index contributed by atoms with van der Waals surface area (Å²) in [5, 5.41) is 12.0. The van der Waals surface area contributed by atoms with Crippen molar-refractivity contribution in [1.82, 2.24) is 14.9 Å². The normalized spacial score (nSPS) is 18.7. The topological polar surface area (TPSA) is 111 Å². The first-order valence-electron chi connectivity index (χ1n) is 7.17. The van der Waals surface area contributed by atoms with Crippen molar-refractivity contribution in [1.29, 1.82) is 0 Å². The summed E-state index contributed by atoms with van der Waals surface area (Å²) in [6.07, 6.45) is 4.91. The van der Waals surface area contributed by atoms with E-state index in [0.717, 1.165) is 25.9 Å². The van der Waals surface area contributed by atoms with Gasteiger partial charge in [0.2, 0.25) is 0 Å². The molecule has 2 heterocycles. The maximum atomic E-state index is 11.7. The van der Waals surface area contributed by atoms with Crippen molar-refractivity contribution in [2.24, 2.45) is 10.9 Å². The number of anilines is 1. The van der Waals surface area contributed by atoms with Crippen LogP contribution in [0.5, 0.6) is 0 Å². The molecule has 21 heavy (non-hydrogen) atoms. The van der Waals surface area contributed by atoms with E-state index in [9.17, 15) is 4.79 Å². The number of rotatable bonds is 5. The standard InChI is InChI=1S/C13H22N6O2/c1-2-3-10(11(14)17-21)18-6-8-19(9-7-18)12-13(20)16-5-4-15-12/h4-5,10,21H,2-3,6-9H2,1H3,(H2,14,17)(H,16,20). The van der Waals surface area contributed by atoms with Gasteiger partial charge < -0.3 is 20.8 Å². The number of amidine groups is 1. The van der Waals surface area contributed by atoms with Crippen LogP contribution in [-0.4, -0.2) is 58.1 Å². The Morgan fingerprint density at radius 1 is 1.52 bits per heavy atom. The molecule has 0 amide bonds. The minimum atomic E-state index is -0.174. The molecule has 116 valence electrons. The lowest BCUT2D eigenvalue weighted by Gasteiger charge is -2.38. The molecule has 1 aliphatic rings. The van der Waals surface area contributed by atoms with E-state index in [1.807, 2.05) is 4.90 Å². The van der Waals surface area contributed by atoms with E-state index in [1.54, 1.807) is 6.20 Å². The first-order chi connectivity index (χ1) is 10.2. The van der Waals surface area contributed by atoms with Crippen LogP contribution in [0, 0.1) is 0 Å². The third kappa shape index (κ3) is 3.52. The molecule has 0 bridgehead atoms. The minimum Gasteiger partial charge on any atom is -0.409 e. The predicted molar refractivity (Wildman–Crippen MR) is 80.7 cm³/mol. The summed E-state index contributed by atoms with van der Waals surface area (Å²) in [6, 6.07) is -0.0517. The maximum absolute atomic E-state index is 11.7. The molecule has 1 aliphatic heterocycles. The lowest BCUT2D eigenvalue weighted by Crippen LogP contribution is -2.55. The van der Waals surface area contributed by atoms with Crippen molar-refractivity contribution < 1.29 is 5.21 Å². The van der Waals surface area contributed by atoms with Crippen molar-refractivity contribution in [3.63, 3.8) is 0 Å². The van der Waals surface area contributed by atoms with Crippen molar-refractivity contribution in [3.8, 4) is 0 Å². The number of aromatic amines is 1. The number of nitrogens with two attached hydrogens (primary N) is 1. The Morgan fingerprint density at radius 2 is 2.24 bits per heavy atom. The van der Waals surface area contributed by atoms with Gasteiger partial charge in [-0.1, -0.05) is 18.5 Å². The number of H-pyrrole nitrogens is 1. The zero-order valence-electron chi connectivity index (χ0n) is 12.2. The second-order valence-electron chi connectivity index (χ2n) is 5.09. The van der Waals surface area contributed by atoms with Gasteiger partial charge in [0, 0.05) is 38.6 Å². The summed E-state index contributed by atoms with van der Waals surface area (Å²) in [6.45, 7) is 4.95. The smallest absolute Gasteiger partial charge is 0.290 e. The summed E-state index contributed by atoms with van der Waals surface area (Å²) in [5.41, 5.74) is 5.61. The van der Waals surface area contributed by atoms with Crippen LogP contribution in [-0.2, 0) is 0 Å². The largest absolute Gasteiger partial charge is 0.409 e. The lowest BCUT2D eigenvalue weighted by atomic mass is 10.1. The number of oxime groups is 1. The summed E-state index contributed by atoms with van der Waals surface area (Å²) in [5.74, 6) is 0.703. The van der Waals surface area contributed by atoms with E-state index in [2.05, 4.69) is 26.9 Å². The Bertz CT molecular complexity index is 535. The molecule has 4 N–H and O–H groups in total. The summed E-state index contributed by atoms with van der Waals surface area (Å²) >= 11 is 0. The maximum Gasteiger partial charge on any atom is 0.290 e. The van der Waals surface area contributed by atoms with E-state index in [1.165, 1.54) is 6.20 Å². The van der Waals surface area contributed by atoms with Gasteiger partial charge in [-0.3, -0.25) is 9.69 Å². The molecular formula is C13H22N6O2. The molecule has 1 unspecified atom stereocenters. The second-order valence-corrected chi connectivity index (χ2v) is 5.09. The highest BCUT2D eigenvalue weighted by Crippen LogP contribution is 2.14. The zero-order valence-corrected chi connectivity index (χ0v) is 12.2. The SMILES string of the molecule is CCCC(/C(N)=N/O)N1CCN(c2ncc[nH]c2=O)CC1. The Labute approximate surface area is 123 Å². The first kappa shape index (κ1) is 15.3. The van der Waals surface area contributed by atoms with Crippen LogP contribution in [0.25, 0.3) is 0 Å². The Hall–Kier alpha value is -2.09. The molecule has 8 nitrogen and oxygen atoms in total. The predicted octanol–water partition coefficient (Wildman–Crippen LogP) is -0.193. The third-order valence-electron chi connectivity index (χ3n) is 3.76. The molecule has 0 saturated carbocycles. The van der Waals surface area contributed by atoms with Crippen molar-refractivity contribution in [3.05, 3.63) is 22.7 Å². The van der Waals surface area contributed by atoms with E-state index < -0.39 is 0 Å². The molecule has 0 spiro atoms. The highest BCUT2D eigenvalue weighted by Gasteiger charge is 2.27. The van der Waals surface area contributed by atoms with E-state index in [4.69, 9.17) is 10.9 Å². The molecular weight excluding hydrogens is 272 g/mol. The Balaban J connectivity index is 2.02. The van der Waals surface area contributed by atoms with Crippen molar-refractivity contribution in [2.75, 3.05) is 31.1 Å². The lowest BCUT2D eigenvalue weighted by molar-refractivity contribution is 0.211. The van der Waals surface area contributed by atoms with E-state index in [0.29, 0.717) is 18.9 Å². The highest BCUT2D eigenvalue weighted by molar-refractivity contribution is 5.85. The number of nitrogens with zero attached hydrogens (tertiary/aromatic N) is 4. The van der Waals surface area contributed by atoms with E-state index in [-0.39, 0.29) is 17.4 Å². The molecule has 1 saturated heterocycles. The number of hydrogen-bond acceptors (Lipinski definition) is 6. The molecule has 1 aromatic heterocycles. The van der Waals surface area contributed by atoms with Gasteiger partial charge in [0.15, 0.2) is 11.7 Å². The van der Waals surface area contributed by atoms with Gasteiger partial charge in [-0.2, -0.15) is 0 Å². The minimum absolute atomic E-state index is 0.0517. The van der Waals surface area contributed by atoms with Crippen LogP contribution in [0.2, 0.25) is 0 Å². The van der Waals surface area contributed by atoms with Gasteiger partial charge in [0.1, 0.15) is 0 Å². The van der Waals surface area contributed by atoms with Crippen LogP contribution in [0.15, 0.2) is 22.3 Å². The van der Waals surface area contributed by atoms with Crippen LogP contribution in [0.1, 0.15) is 19.8 Å². The molecule has 1 aromatic rings. The quantitative estimate of drug-likeness (QED) is 0.300. The molecule has 1 fully saturated rings. The first-order valence-corrected chi connectivity index (χ1v) is 7.17. The Kier molecular flexibility index (Phi) is 5.15. The summed E-state index contributed by atoms with van der Waals surface area (Å²) in [4.78, 5) is 22.7. The zero-order chi connectivity index (χ0) is 15.2. The fourth-order valence-electron chi connectivity index (χ4n) is 2.67.